The van der Waals surface area contributed by atoms with Gasteiger partial charge >= 0.3 is 0 Å². The summed E-state index contributed by atoms with van der Waals surface area (Å²) >= 11 is 0. The fourth-order valence-corrected chi connectivity index (χ4v) is 3.38. The molecule has 2 aliphatic heterocycles. The summed E-state index contributed by atoms with van der Waals surface area (Å²) in [5, 5.41) is 0. The smallest absolute Gasteiger partial charge is 0.186 e. The van der Waals surface area contributed by atoms with Crippen molar-refractivity contribution >= 4 is 0 Å². The Kier molecular flexibility index (Phi) is 6.45. The number of benzene rings is 1. The lowest BCUT2D eigenvalue weighted by molar-refractivity contribution is -0.284. The molecular weight excluding hydrogens is 336 g/mol. The van der Waals surface area contributed by atoms with E-state index in [0.29, 0.717) is 19.8 Å². The first-order chi connectivity index (χ1) is 12.5. The Morgan fingerprint density at radius 1 is 1.15 bits per heavy atom. The van der Waals surface area contributed by atoms with Crippen LogP contribution in [-0.4, -0.2) is 56.8 Å². The van der Waals surface area contributed by atoms with E-state index in [1.54, 1.807) is 13.2 Å². The fourth-order valence-electron chi connectivity index (χ4n) is 3.38. The third-order valence-electron chi connectivity index (χ3n) is 4.46. The molecule has 144 valence electrons. The summed E-state index contributed by atoms with van der Waals surface area (Å²) < 4.78 is 35.5. The van der Waals surface area contributed by atoms with Crippen LogP contribution in [0.15, 0.2) is 43.0 Å². The normalized spacial score (nSPS) is 33.0. The van der Waals surface area contributed by atoms with Gasteiger partial charge in [0.2, 0.25) is 0 Å². The summed E-state index contributed by atoms with van der Waals surface area (Å²) in [5.74, 6) is -0.713. The molecule has 2 heterocycles. The van der Waals surface area contributed by atoms with E-state index in [9.17, 15) is 0 Å². The maximum absolute atomic E-state index is 6.09. The van der Waals surface area contributed by atoms with Crippen molar-refractivity contribution in [2.45, 2.75) is 56.9 Å². The zero-order valence-corrected chi connectivity index (χ0v) is 15.6. The van der Waals surface area contributed by atoms with E-state index in [1.165, 1.54) is 0 Å². The molecule has 2 fully saturated rings. The van der Waals surface area contributed by atoms with Gasteiger partial charge in [-0.05, 0) is 19.4 Å². The number of fused-ring (bicyclic) bond motifs is 1. The number of methoxy groups -OCH3 is 1. The molecule has 0 spiro atoms. The molecule has 1 aromatic rings. The van der Waals surface area contributed by atoms with Gasteiger partial charge in [-0.2, -0.15) is 0 Å². The van der Waals surface area contributed by atoms with Gasteiger partial charge in [-0.3, -0.25) is 0 Å². The zero-order chi connectivity index (χ0) is 18.6. The van der Waals surface area contributed by atoms with Gasteiger partial charge in [-0.15, -0.1) is 6.58 Å². The molecule has 0 radical (unpaired) electrons. The summed E-state index contributed by atoms with van der Waals surface area (Å²) in [4.78, 5) is 0. The number of hydrogen-bond donors (Lipinski definition) is 0. The Morgan fingerprint density at radius 2 is 1.88 bits per heavy atom. The van der Waals surface area contributed by atoms with Crippen molar-refractivity contribution in [2.75, 3.05) is 20.3 Å². The summed E-state index contributed by atoms with van der Waals surface area (Å²) in [6.45, 7) is 8.75. The highest BCUT2D eigenvalue weighted by Crippen LogP contribution is 2.39. The second-order valence-electron chi connectivity index (χ2n) is 6.93. The van der Waals surface area contributed by atoms with Crippen LogP contribution in [0, 0.1) is 0 Å². The van der Waals surface area contributed by atoms with Gasteiger partial charge in [0, 0.05) is 7.11 Å². The van der Waals surface area contributed by atoms with Crippen LogP contribution in [-0.2, 0) is 35.0 Å². The van der Waals surface area contributed by atoms with E-state index in [-0.39, 0.29) is 18.3 Å². The average molecular weight is 364 g/mol. The van der Waals surface area contributed by atoms with Crippen molar-refractivity contribution in [3.8, 4) is 0 Å². The van der Waals surface area contributed by atoms with Crippen molar-refractivity contribution in [1.29, 1.82) is 0 Å². The largest absolute Gasteiger partial charge is 0.374 e. The standard InChI is InChI=1S/C20H28O6/c1-5-11-23-18-17-16(25-20(2,3)26-17)15(24-19(18)21-4)13-22-12-14-9-7-6-8-10-14/h5-10,15-19H,1,11-13H2,2-4H3/t15-,16+,17-,18+,19-/m1/s1. The van der Waals surface area contributed by atoms with E-state index in [1.807, 2.05) is 44.2 Å². The van der Waals surface area contributed by atoms with E-state index in [4.69, 9.17) is 28.4 Å². The molecule has 3 rings (SSSR count). The minimum absolute atomic E-state index is 0.290. The van der Waals surface area contributed by atoms with Crippen LogP contribution < -0.4 is 0 Å². The lowest BCUT2D eigenvalue weighted by atomic mass is 9.99. The van der Waals surface area contributed by atoms with E-state index >= 15 is 0 Å². The minimum Gasteiger partial charge on any atom is -0.374 e. The summed E-state index contributed by atoms with van der Waals surface area (Å²) in [6.07, 6.45) is -0.151. The average Bonchev–Trinajstić information content (AvgIpc) is 2.96. The molecule has 6 heteroatoms. The van der Waals surface area contributed by atoms with Gasteiger partial charge in [0.05, 0.1) is 19.8 Å². The highest BCUT2D eigenvalue weighted by molar-refractivity contribution is 5.13. The Balaban J connectivity index is 1.66. The van der Waals surface area contributed by atoms with Crippen LogP contribution in [0.1, 0.15) is 19.4 Å². The lowest BCUT2D eigenvalue weighted by Crippen LogP contribution is -2.58. The van der Waals surface area contributed by atoms with Crippen LogP contribution in [0.5, 0.6) is 0 Å². The number of hydrogen-bond acceptors (Lipinski definition) is 6. The Labute approximate surface area is 155 Å². The van der Waals surface area contributed by atoms with Gasteiger partial charge in [-0.25, -0.2) is 0 Å². The van der Waals surface area contributed by atoms with Crippen LogP contribution in [0.2, 0.25) is 0 Å². The summed E-state index contributed by atoms with van der Waals surface area (Å²) in [6, 6.07) is 10.0. The quantitative estimate of drug-likeness (QED) is 0.661. The Morgan fingerprint density at radius 3 is 2.58 bits per heavy atom. The maximum Gasteiger partial charge on any atom is 0.186 e. The van der Waals surface area contributed by atoms with E-state index in [2.05, 4.69) is 6.58 Å². The molecule has 0 aliphatic carbocycles. The molecule has 0 N–H and O–H groups in total. The molecule has 0 saturated carbocycles. The fraction of sp³-hybridized carbons (Fsp3) is 0.600. The predicted octanol–water partition coefficient (Wildman–Crippen LogP) is 2.67. The highest BCUT2D eigenvalue weighted by atomic mass is 16.8. The molecule has 0 unspecified atom stereocenters. The zero-order valence-electron chi connectivity index (χ0n) is 15.6. The third kappa shape index (κ3) is 4.52. The van der Waals surface area contributed by atoms with Gasteiger partial charge in [-0.1, -0.05) is 36.4 Å². The first-order valence-electron chi connectivity index (χ1n) is 8.92. The predicted molar refractivity (Wildman–Crippen MR) is 95.5 cm³/mol. The number of ether oxygens (including phenoxy) is 6. The lowest BCUT2D eigenvalue weighted by Gasteiger charge is -2.41. The first-order valence-corrected chi connectivity index (χ1v) is 8.92. The molecular formula is C20H28O6. The van der Waals surface area contributed by atoms with Gasteiger partial charge < -0.3 is 28.4 Å². The third-order valence-corrected chi connectivity index (χ3v) is 4.46. The van der Waals surface area contributed by atoms with E-state index in [0.717, 1.165) is 5.56 Å². The Bertz CT molecular complexity index is 575. The molecule has 2 saturated heterocycles. The van der Waals surface area contributed by atoms with Crippen molar-refractivity contribution in [1.82, 2.24) is 0 Å². The monoisotopic (exact) mass is 364 g/mol. The van der Waals surface area contributed by atoms with Crippen molar-refractivity contribution < 1.29 is 28.4 Å². The maximum atomic E-state index is 6.09. The molecule has 0 bridgehead atoms. The molecule has 0 amide bonds. The second kappa shape index (κ2) is 8.61. The molecule has 2 aliphatic rings. The van der Waals surface area contributed by atoms with Gasteiger partial charge in [0.1, 0.15) is 24.4 Å². The Hall–Kier alpha value is -1.28. The second-order valence-corrected chi connectivity index (χ2v) is 6.93. The van der Waals surface area contributed by atoms with Gasteiger partial charge in [0.15, 0.2) is 12.1 Å². The van der Waals surface area contributed by atoms with Crippen LogP contribution in [0.3, 0.4) is 0 Å². The van der Waals surface area contributed by atoms with E-state index < -0.39 is 18.2 Å². The van der Waals surface area contributed by atoms with Crippen LogP contribution >= 0.6 is 0 Å². The van der Waals surface area contributed by atoms with Crippen molar-refractivity contribution in [3.05, 3.63) is 48.6 Å². The molecule has 26 heavy (non-hydrogen) atoms. The highest BCUT2D eigenvalue weighted by Gasteiger charge is 2.56. The number of rotatable bonds is 8. The summed E-state index contributed by atoms with van der Waals surface area (Å²) in [7, 11) is 1.60. The molecule has 0 aromatic heterocycles. The van der Waals surface area contributed by atoms with Crippen molar-refractivity contribution in [3.63, 3.8) is 0 Å². The van der Waals surface area contributed by atoms with Gasteiger partial charge in [0.25, 0.3) is 0 Å². The topological polar surface area (TPSA) is 55.4 Å². The summed E-state index contributed by atoms with van der Waals surface area (Å²) in [5.41, 5.74) is 1.11. The first kappa shape index (κ1) is 19.5. The molecule has 1 aromatic carbocycles. The van der Waals surface area contributed by atoms with Crippen LogP contribution in [0.25, 0.3) is 0 Å². The van der Waals surface area contributed by atoms with Crippen molar-refractivity contribution in [2.24, 2.45) is 0 Å². The van der Waals surface area contributed by atoms with Crippen LogP contribution in [0.4, 0.5) is 0 Å². The minimum atomic E-state index is -0.713. The molecule has 5 atom stereocenters. The molecule has 6 nitrogen and oxygen atoms in total. The SMILES string of the molecule is C=CCO[C@@H]1[C@H](OC)O[C@H](COCc2ccccc2)[C@@H]2OC(C)(C)O[C@@H]12.